The first-order valence-corrected chi connectivity index (χ1v) is 7.71. The van der Waals surface area contributed by atoms with E-state index < -0.39 is 0 Å². The molecule has 0 bridgehead atoms. The lowest BCUT2D eigenvalue weighted by Crippen LogP contribution is -2.22. The Morgan fingerprint density at radius 2 is 2.00 bits per heavy atom. The van der Waals surface area contributed by atoms with Gasteiger partial charge in [0.25, 0.3) is 5.91 Å². The van der Waals surface area contributed by atoms with Gasteiger partial charge < -0.3 is 10.2 Å². The third kappa shape index (κ3) is 3.89. The van der Waals surface area contributed by atoms with E-state index in [1.165, 1.54) is 32.1 Å². The van der Waals surface area contributed by atoms with Gasteiger partial charge in [-0.2, -0.15) is 0 Å². The summed E-state index contributed by atoms with van der Waals surface area (Å²) in [4.78, 5) is 13.5. The van der Waals surface area contributed by atoms with Gasteiger partial charge in [0.05, 0.1) is 10.7 Å². The van der Waals surface area contributed by atoms with Crippen LogP contribution in [0.5, 0.6) is 0 Å². The van der Waals surface area contributed by atoms with E-state index >= 15 is 0 Å². The molecule has 0 radical (unpaired) electrons. The van der Waals surface area contributed by atoms with Gasteiger partial charge in [-0.3, -0.25) is 4.79 Å². The maximum atomic E-state index is 12.0. The van der Waals surface area contributed by atoms with Gasteiger partial charge >= 0.3 is 0 Å². The van der Waals surface area contributed by atoms with Crippen molar-refractivity contribution < 1.29 is 4.79 Å². The van der Waals surface area contributed by atoms with Crippen molar-refractivity contribution in [3.8, 4) is 0 Å². The number of halogens is 1. The maximum Gasteiger partial charge on any atom is 0.253 e. The molecule has 0 unspecified atom stereocenters. The molecule has 1 amide bonds. The Hall–Kier alpha value is -1.22. The molecule has 4 heteroatoms. The molecule has 1 fully saturated rings. The molecule has 1 aromatic carbocycles. The monoisotopic (exact) mass is 294 g/mol. The van der Waals surface area contributed by atoms with Crippen molar-refractivity contribution in [3.63, 3.8) is 0 Å². The lowest BCUT2D eigenvalue weighted by molar-refractivity contribution is 0.0827. The molecule has 1 saturated carbocycles. The number of benzene rings is 1. The van der Waals surface area contributed by atoms with Crippen LogP contribution in [-0.2, 0) is 0 Å². The highest BCUT2D eigenvalue weighted by atomic mass is 35.5. The van der Waals surface area contributed by atoms with Gasteiger partial charge in [-0.25, -0.2) is 0 Å². The lowest BCUT2D eigenvalue weighted by atomic mass is 9.89. The number of amides is 1. The minimum atomic E-state index is 0.00221. The van der Waals surface area contributed by atoms with Gasteiger partial charge in [0.1, 0.15) is 0 Å². The van der Waals surface area contributed by atoms with Crippen LogP contribution < -0.4 is 5.32 Å². The summed E-state index contributed by atoms with van der Waals surface area (Å²) in [6, 6.07) is 5.42. The van der Waals surface area contributed by atoms with Crippen LogP contribution >= 0.6 is 11.6 Å². The molecule has 1 aromatic rings. The Morgan fingerprint density at radius 1 is 1.30 bits per heavy atom. The quantitative estimate of drug-likeness (QED) is 0.909. The number of anilines is 1. The van der Waals surface area contributed by atoms with Crippen LogP contribution in [0.15, 0.2) is 18.2 Å². The fourth-order valence-corrected chi connectivity index (χ4v) is 2.88. The first kappa shape index (κ1) is 15.2. The van der Waals surface area contributed by atoms with E-state index in [9.17, 15) is 4.79 Å². The number of nitrogens with zero attached hydrogens (tertiary/aromatic N) is 1. The Balaban J connectivity index is 2.02. The average Bonchev–Trinajstić information content (AvgIpc) is 2.46. The summed E-state index contributed by atoms with van der Waals surface area (Å²) >= 11 is 6.21. The maximum absolute atomic E-state index is 12.0. The summed E-state index contributed by atoms with van der Waals surface area (Å²) in [7, 11) is 3.51. The Labute approximate surface area is 126 Å². The molecule has 0 aliphatic heterocycles. The molecule has 0 heterocycles. The van der Waals surface area contributed by atoms with E-state index in [4.69, 9.17) is 11.6 Å². The highest BCUT2D eigenvalue weighted by Crippen LogP contribution is 2.27. The molecule has 2 rings (SSSR count). The third-order valence-electron chi connectivity index (χ3n) is 3.93. The second-order valence-electron chi connectivity index (χ2n) is 5.78. The zero-order chi connectivity index (χ0) is 14.5. The second kappa shape index (κ2) is 6.98. The van der Waals surface area contributed by atoms with E-state index in [2.05, 4.69) is 5.32 Å². The Bertz CT molecular complexity index is 468. The van der Waals surface area contributed by atoms with Gasteiger partial charge in [0.2, 0.25) is 0 Å². The van der Waals surface area contributed by atoms with E-state index in [1.807, 2.05) is 6.07 Å². The molecule has 0 saturated heterocycles. The van der Waals surface area contributed by atoms with Crippen LogP contribution in [0, 0.1) is 5.92 Å². The normalized spacial score (nSPS) is 15.9. The molecular formula is C16H23ClN2O. The lowest BCUT2D eigenvalue weighted by Gasteiger charge is -2.22. The average molecular weight is 295 g/mol. The van der Waals surface area contributed by atoms with Gasteiger partial charge in [-0.1, -0.05) is 30.9 Å². The summed E-state index contributed by atoms with van der Waals surface area (Å²) in [5, 5.41) is 4.09. The van der Waals surface area contributed by atoms with Crippen LogP contribution in [0.1, 0.15) is 42.5 Å². The number of hydrogen-bond acceptors (Lipinski definition) is 2. The van der Waals surface area contributed by atoms with Crippen molar-refractivity contribution in [1.29, 1.82) is 0 Å². The van der Waals surface area contributed by atoms with Crippen LogP contribution in [-0.4, -0.2) is 31.4 Å². The fraction of sp³-hybridized carbons (Fsp3) is 0.562. The smallest absolute Gasteiger partial charge is 0.253 e. The van der Waals surface area contributed by atoms with Crippen molar-refractivity contribution in [2.75, 3.05) is 26.0 Å². The fourth-order valence-electron chi connectivity index (χ4n) is 2.70. The highest BCUT2D eigenvalue weighted by molar-refractivity contribution is 6.33. The van der Waals surface area contributed by atoms with Gasteiger partial charge in [0, 0.05) is 26.2 Å². The van der Waals surface area contributed by atoms with E-state index in [0.29, 0.717) is 10.6 Å². The van der Waals surface area contributed by atoms with Gasteiger partial charge in [0.15, 0.2) is 0 Å². The Morgan fingerprint density at radius 3 is 2.65 bits per heavy atom. The number of nitrogens with one attached hydrogen (secondary N) is 1. The predicted molar refractivity (Wildman–Crippen MR) is 84.5 cm³/mol. The van der Waals surface area contributed by atoms with Crippen LogP contribution in [0.2, 0.25) is 5.02 Å². The largest absolute Gasteiger partial charge is 0.384 e. The van der Waals surface area contributed by atoms with Crippen molar-refractivity contribution >= 4 is 23.2 Å². The van der Waals surface area contributed by atoms with Crippen LogP contribution in [0.4, 0.5) is 5.69 Å². The number of rotatable bonds is 4. The minimum absolute atomic E-state index is 0.00221. The predicted octanol–water partition coefficient (Wildman–Crippen LogP) is 4.03. The molecule has 1 aliphatic carbocycles. The summed E-state index contributed by atoms with van der Waals surface area (Å²) in [6.07, 6.45) is 6.62. The number of carbonyl (C=O) groups excluding carboxylic acids is 1. The molecule has 1 N–H and O–H groups in total. The molecule has 0 spiro atoms. The standard InChI is InChI=1S/C16H23ClN2O/c1-19(2)16(20)13-8-9-14(17)15(10-13)18-11-12-6-4-3-5-7-12/h8-10,12,18H,3-7,11H2,1-2H3. The third-order valence-corrected chi connectivity index (χ3v) is 4.26. The van der Waals surface area contributed by atoms with Crippen molar-refractivity contribution in [1.82, 2.24) is 4.90 Å². The van der Waals surface area contributed by atoms with E-state index in [1.54, 1.807) is 31.1 Å². The van der Waals surface area contributed by atoms with Crippen LogP contribution in [0.3, 0.4) is 0 Å². The van der Waals surface area contributed by atoms with E-state index in [-0.39, 0.29) is 5.91 Å². The van der Waals surface area contributed by atoms with Crippen molar-refractivity contribution in [3.05, 3.63) is 28.8 Å². The summed E-state index contributed by atoms with van der Waals surface area (Å²) < 4.78 is 0. The van der Waals surface area contributed by atoms with Crippen molar-refractivity contribution in [2.45, 2.75) is 32.1 Å². The minimum Gasteiger partial charge on any atom is -0.384 e. The molecule has 3 nitrogen and oxygen atoms in total. The Kier molecular flexibility index (Phi) is 5.30. The first-order chi connectivity index (χ1) is 9.58. The summed E-state index contributed by atoms with van der Waals surface area (Å²) in [5.74, 6) is 0.732. The molecule has 1 aliphatic rings. The molecule has 0 atom stereocenters. The molecule has 0 aromatic heterocycles. The first-order valence-electron chi connectivity index (χ1n) is 7.33. The zero-order valence-electron chi connectivity index (χ0n) is 12.3. The highest BCUT2D eigenvalue weighted by Gasteiger charge is 2.15. The topological polar surface area (TPSA) is 32.3 Å². The van der Waals surface area contributed by atoms with Crippen LogP contribution in [0.25, 0.3) is 0 Å². The number of hydrogen-bond donors (Lipinski definition) is 1. The van der Waals surface area contributed by atoms with E-state index in [0.717, 1.165) is 18.2 Å². The molecule has 110 valence electrons. The number of carbonyl (C=O) groups is 1. The molecule has 20 heavy (non-hydrogen) atoms. The second-order valence-corrected chi connectivity index (χ2v) is 6.19. The van der Waals surface area contributed by atoms with Crippen molar-refractivity contribution in [2.24, 2.45) is 5.92 Å². The zero-order valence-corrected chi connectivity index (χ0v) is 13.0. The van der Waals surface area contributed by atoms with Gasteiger partial charge in [-0.05, 0) is 37.0 Å². The summed E-state index contributed by atoms with van der Waals surface area (Å²) in [6.45, 7) is 0.944. The SMILES string of the molecule is CN(C)C(=O)c1ccc(Cl)c(NCC2CCCCC2)c1. The molecular weight excluding hydrogens is 272 g/mol. The summed E-state index contributed by atoms with van der Waals surface area (Å²) in [5.41, 5.74) is 1.54. The van der Waals surface area contributed by atoms with Gasteiger partial charge in [-0.15, -0.1) is 0 Å².